The summed E-state index contributed by atoms with van der Waals surface area (Å²) in [4.78, 5) is 14.3. The molecule has 3 heterocycles. The van der Waals surface area contributed by atoms with Crippen molar-refractivity contribution in [1.29, 1.82) is 0 Å². The van der Waals surface area contributed by atoms with Crippen molar-refractivity contribution < 1.29 is 4.74 Å². The van der Waals surface area contributed by atoms with E-state index >= 15 is 0 Å². The molecule has 174 valence electrons. The van der Waals surface area contributed by atoms with E-state index in [-0.39, 0.29) is 24.0 Å². The van der Waals surface area contributed by atoms with E-state index in [1.54, 1.807) is 0 Å². The van der Waals surface area contributed by atoms with Crippen LogP contribution in [-0.2, 0) is 17.9 Å². The van der Waals surface area contributed by atoms with Crippen molar-refractivity contribution in [3.05, 3.63) is 59.8 Å². The van der Waals surface area contributed by atoms with Crippen LogP contribution in [0.5, 0.6) is 0 Å². The number of ether oxygens (including phenoxy) is 1. The molecule has 1 aromatic heterocycles. The average Bonchev–Trinajstić information content (AvgIpc) is 3.50. The first-order chi connectivity index (χ1) is 15.3. The summed E-state index contributed by atoms with van der Waals surface area (Å²) in [5, 5.41) is 3.46. The molecule has 2 fully saturated rings. The second kappa shape index (κ2) is 13.0. The van der Waals surface area contributed by atoms with E-state index in [2.05, 4.69) is 63.4 Å². The van der Waals surface area contributed by atoms with Crippen molar-refractivity contribution in [2.24, 2.45) is 10.9 Å². The minimum atomic E-state index is 0. The highest BCUT2D eigenvalue weighted by molar-refractivity contribution is 14.0. The summed E-state index contributed by atoms with van der Waals surface area (Å²) in [6.07, 6.45) is 5.66. The van der Waals surface area contributed by atoms with Gasteiger partial charge in [-0.15, -0.1) is 24.0 Å². The van der Waals surface area contributed by atoms with Gasteiger partial charge in [-0.1, -0.05) is 36.4 Å². The monoisotopic (exact) mass is 549 g/mol. The van der Waals surface area contributed by atoms with Crippen LogP contribution in [0.25, 0.3) is 0 Å². The molecule has 2 saturated heterocycles. The zero-order chi connectivity index (χ0) is 21.3. The zero-order valence-electron chi connectivity index (χ0n) is 19.1. The molecule has 1 aromatic carbocycles. The number of aromatic nitrogens is 1. The van der Waals surface area contributed by atoms with E-state index in [0.717, 1.165) is 63.1 Å². The summed E-state index contributed by atoms with van der Waals surface area (Å²) < 4.78 is 5.98. The number of hydrogen-bond acceptors (Lipinski definition) is 4. The Bertz CT molecular complexity index is 824. The Labute approximate surface area is 209 Å². The van der Waals surface area contributed by atoms with E-state index in [0.29, 0.717) is 19.1 Å². The van der Waals surface area contributed by atoms with E-state index in [4.69, 9.17) is 9.73 Å². The average molecular weight is 550 g/mol. The van der Waals surface area contributed by atoms with Gasteiger partial charge in [0.2, 0.25) is 0 Å². The number of pyridine rings is 1. The molecule has 1 N–H and O–H groups in total. The molecule has 2 aromatic rings. The number of nitrogens with zero attached hydrogens (tertiary/aromatic N) is 4. The normalized spacial score (nSPS) is 18.7. The molecule has 7 heteroatoms. The highest BCUT2D eigenvalue weighted by atomic mass is 127. The molecule has 32 heavy (non-hydrogen) atoms. The van der Waals surface area contributed by atoms with Crippen LogP contribution in [0.1, 0.15) is 37.3 Å². The van der Waals surface area contributed by atoms with Crippen LogP contribution >= 0.6 is 24.0 Å². The summed E-state index contributed by atoms with van der Waals surface area (Å²) in [6.45, 7) is 9.40. The summed E-state index contributed by atoms with van der Waals surface area (Å²) >= 11 is 0. The number of likely N-dealkylation sites (tertiary alicyclic amines) is 1. The first-order valence-corrected chi connectivity index (χ1v) is 11.7. The van der Waals surface area contributed by atoms with E-state index in [1.807, 2.05) is 12.3 Å². The Balaban J connectivity index is 0.00000289. The Kier molecular flexibility index (Phi) is 10.1. The van der Waals surface area contributed by atoms with Crippen LogP contribution in [0.3, 0.4) is 0 Å². The van der Waals surface area contributed by atoms with E-state index in [1.165, 1.54) is 18.4 Å². The van der Waals surface area contributed by atoms with Crippen molar-refractivity contribution in [2.75, 3.05) is 44.2 Å². The van der Waals surface area contributed by atoms with Gasteiger partial charge in [0.15, 0.2) is 5.96 Å². The lowest BCUT2D eigenvalue weighted by Crippen LogP contribution is -2.40. The molecule has 0 bridgehead atoms. The fourth-order valence-electron chi connectivity index (χ4n) is 4.31. The fraction of sp³-hybridized carbons (Fsp3) is 0.520. The lowest BCUT2D eigenvalue weighted by Gasteiger charge is -2.22. The Morgan fingerprint density at radius 1 is 1.09 bits per heavy atom. The molecule has 0 radical (unpaired) electrons. The van der Waals surface area contributed by atoms with Gasteiger partial charge in [0.05, 0.1) is 19.8 Å². The molecule has 0 spiro atoms. The Morgan fingerprint density at radius 3 is 2.62 bits per heavy atom. The SMILES string of the molecule is CCNC(=NCc1ccc(N2CCCC2)nc1)N1CCC(COCc2ccccc2)C1.I. The number of benzene rings is 1. The van der Waals surface area contributed by atoms with Gasteiger partial charge in [-0.25, -0.2) is 9.98 Å². The Hall–Kier alpha value is -1.87. The number of nitrogens with one attached hydrogen (secondary N) is 1. The predicted molar refractivity (Wildman–Crippen MR) is 142 cm³/mol. The maximum atomic E-state index is 5.98. The topological polar surface area (TPSA) is 53.0 Å². The molecule has 0 aliphatic carbocycles. The number of hydrogen-bond donors (Lipinski definition) is 1. The number of halogens is 1. The first-order valence-electron chi connectivity index (χ1n) is 11.7. The maximum absolute atomic E-state index is 5.98. The molecular weight excluding hydrogens is 513 g/mol. The molecule has 2 aliphatic heterocycles. The molecule has 6 nitrogen and oxygen atoms in total. The Morgan fingerprint density at radius 2 is 1.91 bits per heavy atom. The molecule has 4 rings (SSSR count). The lowest BCUT2D eigenvalue weighted by molar-refractivity contribution is 0.0906. The van der Waals surface area contributed by atoms with Crippen molar-refractivity contribution in [1.82, 2.24) is 15.2 Å². The fourth-order valence-corrected chi connectivity index (χ4v) is 4.31. The quantitative estimate of drug-likeness (QED) is 0.302. The third-order valence-corrected chi connectivity index (χ3v) is 6.04. The highest BCUT2D eigenvalue weighted by Gasteiger charge is 2.25. The van der Waals surface area contributed by atoms with Gasteiger partial charge in [-0.05, 0) is 43.4 Å². The van der Waals surface area contributed by atoms with E-state index < -0.39 is 0 Å². The van der Waals surface area contributed by atoms with Crippen LogP contribution in [0.15, 0.2) is 53.7 Å². The van der Waals surface area contributed by atoms with Crippen molar-refractivity contribution >= 4 is 35.8 Å². The van der Waals surface area contributed by atoms with Gasteiger partial charge < -0.3 is 19.9 Å². The molecule has 0 saturated carbocycles. The molecule has 1 unspecified atom stereocenters. The minimum Gasteiger partial charge on any atom is -0.376 e. The van der Waals surface area contributed by atoms with Gasteiger partial charge >= 0.3 is 0 Å². The van der Waals surface area contributed by atoms with Crippen LogP contribution in [0.2, 0.25) is 0 Å². The molecule has 0 amide bonds. The van der Waals surface area contributed by atoms with Crippen LogP contribution in [0, 0.1) is 5.92 Å². The second-order valence-electron chi connectivity index (χ2n) is 8.49. The van der Waals surface area contributed by atoms with Crippen LogP contribution in [-0.4, -0.2) is 55.2 Å². The molecular formula is C25H36IN5O. The smallest absolute Gasteiger partial charge is 0.194 e. The number of anilines is 1. The largest absolute Gasteiger partial charge is 0.376 e. The predicted octanol–water partition coefficient (Wildman–Crippen LogP) is 4.30. The summed E-state index contributed by atoms with van der Waals surface area (Å²) in [7, 11) is 0. The van der Waals surface area contributed by atoms with Crippen molar-refractivity contribution in [2.45, 2.75) is 39.3 Å². The third kappa shape index (κ3) is 7.07. The minimum absolute atomic E-state index is 0. The maximum Gasteiger partial charge on any atom is 0.194 e. The molecule has 1 atom stereocenters. The van der Waals surface area contributed by atoms with E-state index in [9.17, 15) is 0 Å². The van der Waals surface area contributed by atoms with Gasteiger partial charge in [0, 0.05) is 44.8 Å². The second-order valence-corrected chi connectivity index (χ2v) is 8.49. The highest BCUT2D eigenvalue weighted by Crippen LogP contribution is 2.19. The number of guanidine groups is 1. The van der Waals surface area contributed by atoms with Gasteiger partial charge in [-0.2, -0.15) is 0 Å². The molecule has 2 aliphatic rings. The number of aliphatic imine (C=N–C) groups is 1. The van der Waals surface area contributed by atoms with Crippen molar-refractivity contribution in [3.63, 3.8) is 0 Å². The summed E-state index contributed by atoms with van der Waals surface area (Å²) in [6, 6.07) is 14.7. The van der Waals surface area contributed by atoms with Gasteiger partial charge in [0.25, 0.3) is 0 Å². The third-order valence-electron chi connectivity index (χ3n) is 6.04. The first kappa shape index (κ1) is 24.8. The summed E-state index contributed by atoms with van der Waals surface area (Å²) in [5.74, 6) is 2.64. The van der Waals surface area contributed by atoms with Crippen molar-refractivity contribution in [3.8, 4) is 0 Å². The van der Waals surface area contributed by atoms with Gasteiger partial charge in [0.1, 0.15) is 5.82 Å². The van der Waals surface area contributed by atoms with Crippen LogP contribution < -0.4 is 10.2 Å². The standard InChI is InChI=1S/C25H35N5O.HI/c1-2-26-25(28-17-22-10-11-24(27-16-22)29-13-6-7-14-29)30-15-12-23(18-30)20-31-19-21-8-4-3-5-9-21;/h3-5,8-11,16,23H,2,6-7,12-15,17-20H2,1H3,(H,26,28);1H. The zero-order valence-corrected chi connectivity index (χ0v) is 21.4. The summed E-state index contributed by atoms with van der Waals surface area (Å²) in [5.41, 5.74) is 2.39. The lowest BCUT2D eigenvalue weighted by atomic mass is 10.1. The number of rotatable bonds is 8. The van der Waals surface area contributed by atoms with Gasteiger partial charge in [-0.3, -0.25) is 0 Å². The van der Waals surface area contributed by atoms with Crippen LogP contribution in [0.4, 0.5) is 5.82 Å².